The van der Waals surface area contributed by atoms with E-state index in [2.05, 4.69) is 17.1 Å². The minimum Gasteiger partial charge on any atom is -0.159 e. The second kappa shape index (κ2) is 3.52. The molecule has 10 heavy (non-hydrogen) atoms. The van der Waals surface area contributed by atoms with Gasteiger partial charge in [-0.2, -0.15) is 10.2 Å². The van der Waals surface area contributed by atoms with E-state index in [9.17, 15) is 0 Å². The molecule has 3 heteroatoms. The first-order valence-corrected chi connectivity index (χ1v) is 3.68. The van der Waals surface area contributed by atoms with Gasteiger partial charge in [-0.3, -0.25) is 0 Å². The maximum atomic E-state index is 5.80. The van der Waals surface area contributed by atoms with Gasteiger partial charge in [-0.05, 0) is 12.5 Å². The number of hydrogen-bond acceptors (Lipinski definition) is 2. The number of halogens is 1. The fourth-order valence-electron chi connectivity index (χ4n) is 0.752. The zero-order valence-electron chi connectivity index (χ0n) is 5.84. The number of aromatic nitrogens is 2. The molecule has 0 aliphatic rings. The van der Waals surface area contributed by atoms with Crippen molar-refractivity contribution in [2.45, 2.75) is 19.8 Å². The van der Waals surface area contributed by atoms with Crippen molar-refractivity contribution >= 4 is 11.6 Å². The molecule has 1 aromatic heterocycles. The van der Waals surface area contributed by atoms with Crippen molar-refractivity contribution in [2.24, 2.45) is 0 Å². The average molecular weight is 157 g/mol. The van der Waals surface area contributed by atoms with Crippen molar-refractivity contribution in [3.63, 3.8) is 0 Å². The molecule has 0 aromatic carbocycles. The van der Waals surface area contributed by atoms with E-state index in [-0.39, 0.29) is 0 Å². The van der Waals surface area contributed by atoms with E-state index in [1.54, 1.807) is 12.3 Å². The highest BCUT2D eigenvalue weighted by atomic mass is 35.5. The molecule has 0 amide bonds. The number of nitrogens with zero attached hydrogens (tertiary/aromatic N) is 2. The Morgan fingerprint density at radius 3 is 3.00 bits per heavy atom. The van der Waals surface area contributed by atoms with Gasteiger partial charge < -0.3 is 0 Å². The molecule has 0 aliphatic heterocycles. The number of rotatable bonds is 2. The van der Waals surface area contributed by atoms with Gasteiger partial charge in [-0.25, -0.2) is 0 Å². The van der Waals surface area contributed by atoms with Gasteiger partial charge in [-0.1, -0.05) is 24.9 Å². The van der Waals surface area contributed by atoms with Crippen LogP contribution in [0.1, 0.15) is 19.0 Å². The Kier molecular flexibility index (Phi) is 2.63. The van der Waals surface area contributed by atoms with Crippen LogP contribution in [0.3, 0.4) is 0 Å². The third-order valence-electron chi connectivity index (χ3n) is 1.23. The summed E-state index contributed by atoms with van der Waals surface area (Å²) in [7, 11) is 0. The van der Waals surface area contributed by atoms with Gasteiger partial charge in [0.15, 0.2) is 0 Å². The molecule has 0 spiro atoms. The van der Waals surface area contributed by atoms with E-state index in [4.69, 9.17) is 11.6 Å². The Balaban J connectivity index is 2.81. The summed E-state index contributed by atoms with van der Waals surface area (Å²) in [5.41, 5.74) is 0.895. The van der Waals surface area contributed by atoms with Crippen molar-refractivity contribution in [3.8, 4) is 0 Å². The lowest BCUT2D eigenvalue weighted by Gasteiger charge is -1.96. The maximum Gasteiger partial charge on any atom is 0.0816 e. The first-order valence-electron chi connectivity index (χ1n) is 3.30. The molecule has 0 aliphatic carbocycles. The zero-order chi connectivity index (χ0) is 7.40. The summed E-state index contributed by atoms with van der Waals surface area (Å²) in [5.74, 6) is 0. The summed E-state index contributed by atoms with van der Waals surface area (Å²) in [6.45, 7) is 2.09. The molecule has 0 bridgehead atoms. The molecule has 54 valence electrons. The Bertz CT molecular complexity index is 213. The molecule has 0 saturated carbocycles. The largest absolute Gasteiger partial charge is 0.159 e. The quantitative estimate of drug-likeness (QED) is 0.655. The standard InChI is InChI=1S/C7H9ClN2/c1-2-3-7-6(8)4-5-9-10-7/h4-5H,2-3H2,1H3. The molecule has 0 fully saturated rings. The van der Waals surface area contributed by atoms with E-state index in [0.717, 1.165) is 23.6 Å². The molecule has 0 saturated heterocycles. The van der Waals surface area contributed by atoms with Crippen molar-refractivity contribution in [1.29, 1.82) is 0 Å². The molecular weight excluding hydrogens is 148 g/mol. The van der Waals surface area contributed by atoms with Crippen LogP contribution in [0.5, 0.6) is 0 Å². The first-order chi connectivity index (χ1) is 4.84. The van der Waals surface area contributed by atoms with Crippen molar-refractivity contribution in [3.05, 3.63) is 23.0 Å². The fourth-order valence-corrected chi connectivity index (χ4v) is 0.941. The summed E-state index contributed by atoms with van der Waals surface area (Å²) in [5, 5.41) is 8.34. The molecule has 1 aromatic rings. The lowest BCUT2D eigenvalue weighted by Crippen LogP contribution is -1.91. The Morgan fingerprint density at radius 2 is 2.40 bits per heavy atom. The van der Waals surface area contributed by atoms with Crippen LogP contribution in [0.15, 0.2) is 12.3 Å². The molecule has 1 heterocycles. The molecule has 0 unspecified atom stereocenters. The van der Waals surface area contributed by atoms with Crippen LogP contribution in [-0.2, 0) is 6.42 Å². The van der Waals surface area contributed by atoms with Crippen LogP contribution < -0.4 is 0 Å². The van der Waals surface area contributed by atoms with Crippen LogP contribution in [0.25, 0.3) is 0 Å². The van der Waals surface area contributed by atoms with Crippen molar-refractivity contribution < 1.29 is 0 Å². The van der Waals surface area contributed by atoms with Crippen molar-refractivity contribution in [2.75, 3.05) is 0 Å². The third-order valence-corrected chi connectivity index (χ3v) is 1.57. The SMILES string of the molecule is CCCc1nnccc1Cl. The van der Waals surface area contributed by atoms with Gasteiger partial charge >= 0.3 is 0 Å². The van der Waals surface area contributed by atoms with E-state index in [0.29, 0.717) is 0 Å². The zero-order valence-corrected chi connectivity index (χ0v) is 6.60. The normalized spacial score (nSPS) is 9.80. The Hall–Kier alpha value is -0.630. The summed E-state index contributed by atoms with van der Waals surface area (Å²) in [6, 6.07) is 1.76. The molecule has 0 radical (unpaired) electrons. The van der Waals surface area contributed by atoms with E-state index in [1.165, 1.54) is 0 Å². The highest BCUT2D eigenvalue weighted by molar-refractivity contribution is 6.31. The lowest BCUT2D eigenvalue weighted by molar-refractivity contribution is 0.839. The highest BCUT2D eigenvalue weighted by Gasteiger charge is 1.97. The molecular formula is C7H9ClN2. The molecule has 0 N–H and O–H groups in total. The second-order valence-electron chi connectivity index (χ2n) is 2.08. The van der Waals surface area contributed by atoms with Gasteiger partial charge in [0.25, 0.3) is 0 Å². The maximum absolute atomic E-state index is 5.80. The predicted octanol–water partition coefficient (Wildman–Crippen LogP) is 2.08. The van der Waals surface area contributed by atoms with Crippen LogP contribution in [-0.4, -0.2) is 10.2 Å². The number of hydrogen-bond donors (Lipinski definition) is 0. The topological polar surface area (TPSA) is 25.8 Å². The molecule has 1 rings (SSSR count). The monoisotopic (exact) mass is 156 g/mol. The van der Waals surface area contributed by atoms with Crippen LogP contribution >= 0.6 is 11.6 Å². The smallest absolute Gasteiger partial charge is 0.0816 e. The highest BCUT2D eigenvalue weighted by Crippen LogP contribution is 2.11. The molecule has 0 atom stereocenters. The third kappa shape index (κ3) is 1.67. The minimum absolute atomic E-state index is 0.719. The first kappa shape index (κ1) is 7.48. The van der Waals surface area contributed by atoms with Crippen LogP contribution in [0, 0.1) is 0 Å². The van der Waals surface area contributed by atoms with Gasteiger partial charge in [0.2, 0.25) is 0 Å². The van der Waals surface area contributed by atoms with Gasteiger partial charge in [0.1, 0.15) is 0 Å². The van der Waals surface area contributed by atoms with Gasteiger partial charge in [0.05, 0.1) is 16.9 Å². The van der Waals surface area contributed by atoms with Gasteiger partial charge in [-0.15, -0.1) is 0 Å². The summed E-state index contributed by atoms with van der Waals surface area (Å²) in [6.07, 6.45) is 3.56. The fraction of sp³-hybridized carbons (Fsp3) is 0.429. The Morgan fingerprint density at radius 1 is 1.60 bits per heavy atom. The predicted molar refractivity (Wildman–Crippen MR) is 41.0 cm³/mol. The van der Waals surface area contributed by atoms with E-state index >= 15 is 0 Å². The Labute approximate surface area is 65.2 Å². The van der Waals surface area contributed by atoms with E-state index in [1.807, 2.05) is 0 Å². The summed E-state index contributed by atoms with van der Waals surface area (Å²) >= 11 is 5.80. The van der Waals surface area contributed by atoms with Gasteiger partial charge in [0, 0.05) is 0 Å². The second-order valence-corrected chi connectivity index (χ2v) is 2.48. The average Bonchev–Trinajstić information content (AvgIpc) is 1.94. The van der Waals surface area contributed by atoms with E-state index < -0.39 is 0 Å². The summed E-state index contributed by atoms with van der Waals surface area (Å²) < 4.78 is 0. The minimum atomic E-state index is 0.719. The molecule has 2 nitrogen and oxygen atoms in total. The van der Waals surface area contributed by atoms with Crippen LogP contribution in [0.2, 0.25) is 5.02 Å². The van der Waals surface area contributed by atoms with Crippen LogP contribution in [0.4, 0.5) is 0 Å². The summed E-state index contributed by atoms with van der Waals surface area (Å²) in [4.78, 5) is 0. The number of aryl methyl sites for hydroxylation is 1. The lowest BCUT2D eigenvalue weighted by atomic mass is 10.2. The van der Waals surface area contributed by atoms with Crippen molar-refractivity contribution in [1.82, 2.24) is 10.2 Å².